The molecule has 0 aromatic heterocycles. The normalized spacial score (nSPS) is 31.6. The van der Waals surface area contributed by atoms with Crippen molar-refractivity contribution < 1.29 is 9.84 Å². The van der Waals surface area contributed by atoms with Crippen LogP contribution in [0.15, 0.2) is 30.3 Å². The van der Waals surface area contributed by atoms with Gasteiger partial charge in [-0.3, -0.25) is 4.90 Å². The lowest BCUT2D eigenvalue weighted by molar-refractivity contribution is 0.0222. The second-order valence-electron chi connectivity index (χ2n) is 5.80. The summed E-state index contributed by atoms with van der Waals surface area (Å²) in [6, 6.07) is 11.1. The van der Waals surface area contributed by atoms with E-state index in [2.05, 4.69) is 34.5 Å². The van der Waals surface area contributed by atoms with Crippen LogP contribution in [-0.4, -0.2) is 55.0 Å². The average molecular weight is 276 g/mol. The zero-order valence-corrected chi connectivity index (χ0v) is 11.9. The summed E-state index contributed by atoms with van der Waals surface area (Å²) in [7, 11) is 0. The maximum atomic E-state index is 9.57. The third-order valence-corrected chi connectivity index (χ3v) is 4.41. The molecule has 0 spiro atoms. The van der Waals surface area contributed by atoms with Gasteiger partial charge in [-0.15, -0.1) is 0 Å². The first-order valence-electron chi connectivity index (χ1n) is 7.61. The summed E-state index contributed by atoms with van der Waals surface area (Å²) in [6.45, 7) is 3.82. The molecule has 3 rings (SSSR count). The SMILES string of the molecule is OCC1CNC(c2ccccc2)CN1CC1CCCO1. The molecule has 4 heteroatoms. The molecule has 0 radical (unpaired) electrons. The largest absolute Gasteiger partial charge is 0.395 e. The molecule has 20 heavy (non-hydrogen) atoms. The van der Waals surface area contributed by atoms with Crippen LogP contribution in [0.2, 0.25) is 0 Å². The van der Waals surface area contributed by atoms with Gasteiger partial charge in [0.05, 0.1) is 12.7 Å². The Bertz CT molecular complexity index is 406. The van der Waals surface area contributed by atoms with Gasteiger partial charge in [0.2, 0.25) is 0 Å². The molecule has 2 N–H and O–H groups in total. The van der Waals surface area contributed by atoms with Crippen molar-refractivity contribution in [3.05, 3.63) is 35.9 Å². The zero-order chi connectivity index (χ0) is 13.8. The van der Waals surface area contributed by atoms with E-state index in [0.717, 1.165) is 32.7 Å². The summed E-state index contributed by atoms with van der Waals surface area (Å²) in [6.07, 6.45) is 2.67. The summed E-state index contributed by atoms with van der Waals surface area (Å²) in [5.74, 6) is 0. The van der Waals surface area contributed by atoms with Crippen LogP contribution in [0.3, 0.4) is 0 Å². The lowest BCUT2D eigenvalue weighted by atomic mass is 10.0. The van der Waals surface area contributed by atoms with E-state index >= 15 is 0 Å². The first kappa shape index (κ1) is 14.0. The first-order chi connectivity index (χ1) is 9.86. The molecule has 2 aliphatic heterocycles. The predicted molar refractivity (Wildman–Crippen MR) is 78.6 cm³/mol. The van der Waals surface area contributed by atoms with Crippen LogP contribution in [0.4, 0.5) is 0 Å². The van der Waals surface area contributed by atoms with E-state index in [1.165, 1.54) is 12.0 Å². The molecule has 4 nitrogen and oxygen atoms in total. The monoisotopic (exact) mass is 276 g/mol. The van der Waals surface area contributed by atoms with Crippen molar-refractivity contribution in [2.75, 3.05) is 32.8 Å². The topological polar surface area (TPSA) is 44.7 Å². The van der Waals surface area contributed by atoms with Gasteiger partial charge in [0.15, 0.2) is 0 Å². The number of piperazine rings is 1. The quantitative estimate of drug-likeness (QED) is 0.866. The molecule has 2 heterocycles. The minimum absolute atomic E-state index is 0.208. The van der Waals surface area contributed by atoms with Crippen LogP contribution >= 0.6 is 0 Å². The van der Waals surface area contributed by atoms with E-state index < -0.39 is 0 Å². The molecule has 2 saturated heterocycles. The molecule has 3 unspecified atom stereocenters. The molecule has 2 fully saturated rings. The number of ether oxygens (including phenoxy) is 1. The van der Waals surface area contributed by atoms with Crippen LogP contribution in [0.1, 0.15) is 24.4 Å². The Hall–Kier alpha value is -0.940. The van der Waals surface area contributed by atoms with Gasteiger partial charge in [-0.25, -0.2) is 0 Å². The van der Waals surface area contributed by atoms with Gasteiger partial charge in [0.25, 0.3) is 0 Å². The maximum absolute atomic E-state index is 9.57. The predicted octanol–water partition coefficient (Wildman–Crippen LogP) is 1.17. The highest BCUT2D eigenvalue weighted by atomic mass is 16.5. The fourth-order valence-corrected chi connectivity index (χ4v) is 3.22. The van der Waals surface area contributed by atoms with Gasteiger partial charge < -0.3 is 15.2 Å². The van der Waals surface area contributed by atoms with Gasteiger partial charge in [-0.1, -0.05) is 30.3 Å². The summed E-state index contributed by atoms with van der Waals surface area (Å²) in [5.41, 5.74) is 1.32. The van der Waals surface area contributed by atoms with Gasteiger partial charge in [0.1, 0.15) is 0 Å². The van der Waals surface area contributed by atoms with Gasteiger partial charge in [0, 0.05) is 38.3 Å². The van der Waals surface area contributed by atoms with Gasteiger partial charge in [-0.2, -0.15) is 0 Å². The molecule has 3 atom stereocenters. The molecule has 0 saturated carbocycles. The van der Waals surface area contributed by atoms with Crippen LogP contribution in [0, 0.1) is 0 Å². The minimum atomic E-state index is 0.208. The maximum Gasteiger partial charge on any atom is 0.0703 e. The van der Waals surface area contributed by atoms with Crippen molar-refractivity contribution in [2.45, 2.75) is 31.0 Å². The number of rotatable bonds is 4. The molecule has 0 amide bonds. The zero-order valence-electron chi connectivity index (χ0n) is 11.9. The average Bonchev–Trinajstić information content (AvgIpc) is 3.01. The first-order valence-corrected chi connectivity index (χ1v) is 7.61. The van der Waals surface area contributed by atoms with Crippen molar-refractivity contribution in [1.82, 2.24) is 10.2 Å². The Morgan fingerprint density at radius 2 is 2.15 bits per heavy atom. The molecule has 110 valence electrons. The van der Waals surface area contributed by atoms with Crippen LogP contribution < -0.4 is 5.32 Å². The lowest BCUT2D eigenvalue weighted by Crippen LogP contribution is -2.55. The van der Waals surface area contributed by atoms with Gasteiger partial charge >= 0.3 is 0 Å². The molecular formula is C16H24N2O2. The van der Waals surface area contributed by atoms with E-state index in [4.69, 9.17) is 4.74 Å². The summed E-state index contributed by atoms with van der Waals surface area (Å²) >= 11 is 0. The summed E-state index contributed by atoms with van der Waals surface area (Å²) in [4.78, 5) is 2.39. The lowest BCUT2D eigenvalue weighted by Gasteiger charge is -2.40. The Morgan fingerprint density at radius 1 is 1.30 bits per heavy atom. The number of aliphatic hydroxyl groups excluding tert-OH is 1. The third-order valence-electron chi connectivity index (χ3n) is 4.41. The standard InChI is InChI=1S/C16H24N2O2/c19-12-14-9-17-16(13-5-2-1-3-6-13)11-18(14)10-15-7-4-8-20-15/h1-3,5-6,14-17,19H,4,7-12H2. The fourth-order valence-electron chi connectivity index (χ4n) is 3.22. The smallest absolute Gasteiger partial charge is 0.0703 e. The molecule has 2 aliphatic rings. The van der Waals surface area contributed by atoms with E-state index in [-0.39, 0.29) is 12.6 Å². The third kappa shape index (κ3) is 3.20. The Labute approximate surface area is 120 Å². The second kappa shape index (κ2) is 6.68. The molecule has 0 bridgehead atoms. The Kier molecular flexibility index (Phi) is 4.68. The van der Waals surface area contributed by atoms with Crippen molar-refractivity contribution in [3.63, 3.8) is 0 Å². The van der Waals surface area contributed by atoms with Crippen molar-refractivity contribution >= 4 is 0 Å². The van der Waals surface area contributed by atoms with Crippen LogP contribution in [-0.2, 0) is 4.74 Å². The van der Waals surface area contributed by atoms with E-state index in [1.54, 1.807) is 0 Å². The minimum Gasteiger partial charge on any atom is -0.395 e. The van der Waals surface area contributed by atoms with Crippen molar-refractivity contribution in [1.29, 1.82) is 0 Å². The van der Waals surface area contributed by atoms with E-state index in [1.807, 2.05) is 6.07 Å². The van der Waals surface area contributed by atoms with E-state index in [0.29, 0.717) is 12.1 Å². The van der Waals surface area contributed by atoms with Crippen LogP contribution in [0.25, 0.3) is 0 Å². The summed E-state index contributed by atoms with van der Waals surface area (Å²) in [5, 5.41) is 13.1. The summed E-state index contributed by atoms with van der Waals surface area (Å²) < 4.78 is 5.75. The highest BCUT2D eigenvalue weighted by Crippen LogP contribution is 2.22. The number of nitrogens with zero attached hydrogens (tertiary/aromatic N) is 1. The Morgan fingerprint density at radius 3 is 2.85 bits per heavy atom. The number of nitrogens with one attached hydrogen (secondary N) is 1. The van der Waals surface area contributed by atoms with Crippen LogP contribution in [0.5, 0.6) is 0 Å². The Balaban J connectivity index is 1.65. The fraction of sp³-hybridized carbons (Fsp3) is 0.625. The van der Waals surface area contributed by atoms with Gasteiger partial charge in [-0.05, 0) is 18.4 Å². The van der Waals surface area contributed by atoms with E-state index in [9.17, 15) is 5.11 Å². The number of benzene rings is 1. The second-order valence-corrected chi connectivity index (χ2v) is 5.80. The number of hydrogen-bond acceptors (Lipinski definition) is 4. The molecule has 1 aromatic rings. The highest BCUT2D eigenvalue weighted by molar-refractivity contribution is 5.20. The highest BCUT2D eigenvalue weighted by Gasteiger charge is 2.30. The van der Waals surface area contributed by atoms with Crippen molar-refractivity contribution in [3.8, 4) is 0 Å². The van der Waals surface area contributed by atoms with Crippen molar-refractivity contribution in [2.24, 2.45) is 0 Å². The number of hydrogen-bond donors (Lipinski definition) is 2. The molecule has 0 aliphatic carbocycles. The molecule has 1 aromatic carbocycles. The molecular weight excluding hydrogens is 252 g/mol. The number of aliphatic hydroxyl groups is 1.